The largest absolute Gasteiger partial charge is 0.328 e. The lowest BCUT2D eigenvalue weighted by atomic mass is 10.1. The Morgan fingerprint density at radius 3 is 2.52 bits per heavy atom. The van der Waals surface area contributed by atoms with E-state index in [4.69, 9.17) is 0 Å². The number of carbonyl (C=O) groups excluding carboxylic acids is 1. The van der Waals surface area contributed by atoms with Gasteiger partial charge in [0.2, 0.25) is 0 Å². The molecule has 3 aromatic rings. The summed E-state index contributed by atoms with van der Waals surface area (Å²) < 4.78 is 1.99. The maximum Gasteiger partial charge on any atom is 0.289 e. The van der Waals surface area contributed by atoms with Crippen molar-refractivity contribution in [1.82, 2.24) is 4.57 Å². The second kappa shape index (κ2) is 6.75. The van der Waals surface area contributed by atoms with E-state index in [1.807, 2.05) is 48.0 Å². The van der Waals surface area contributed by atoms with Crippen molar-refractivity contribution in [3.63, 3.8) is 0 Å². The maximum absolute atomic E-state index is 12.3. The van der Waals surface area contributed by atoms with E-state index in [0.29, 0.717) is 16.9 Å². The Bertz CT molecular complexity index is 888. The smallest absolute Gasteiger partial charge is 0.289 e. The van der Waals surface area contributed by atoms with Crippen LogP contribution < -0.4 is 5.49 Å². The molecule has 0 aliphatic heterocycles. The first-order valence-corrected chi connectivity index (χ1v) is 8.30. The van der Waals surface area contributed by atoms with Crippen LogP contribution in [0.5, 0.6) is 0 Å². The molecule has 3 nitrogen and oxygen atoms in total. The minimum atomic E-state index is -0.188. The number of aryl methyl sites for hydroxylation is 2. The van der Waals surface area contributed by atoms with Gasteiger partial charge in [-0.15, -0.1) is 11.3 Å². The average molecular weight is 322 g/mol. The fourth-order valence-electron chi connectivity index (χ4n) is 2.30. The zero-order chi connectivity index (χ0) is 16.2. The van der Waals surface area contributed by atoms with Crippen LogP contribution in [0.2, 0.25) is 0 Å². The monoisotopic (exact) mass is 322 g/mol. The number of nitrogens with zero attached hydrogens (tertiary/aromatic N) is 2. The van der Waals surface area contributed by atoms with Gasteiger partial charge in [-0.1, -0.05) is 35.9 Å². The number of hydrogen-bond acceptors (Lipinski definition) is 2. The number of benzene rings is 1. The van der Waals surface area contributed by atoms with Gasteiger partial charge < -0.3 is 4.57 Å². The minimum Gasteiger partial charge on any atom is -0.328 e. The minimum absolute atomic E-state index is 0.188. The second-order valence-electron chi connectivity index (χ2n) is 5.50. The molecule has 0 N–H and O–H groups in total. The predicted molar refractivity (Wildman–Crippen MR) is 93.7 cm³/mol. The molecule has 0 spiro atoms. The van der Waals surface area contributed by atoms with Gasteiger partial charge >= 0.3 is 0 Å². The van der Waals surface area contributed by atoms with E-state index in [2.05, 4.69) is 36.2 Å². The highest BCUT2D eigenvalue weighted by atomic mass is 32.1. The number of rotatable bonds is 3. The van der Waals surface area contributed by atoms with Crippen LogP contribution in [0.15, 0.2) is 65.8 Å². The van der Waals surface area contributed by atoms with Gasteiger partial charge in [0.1, 0.15) is 5.49 Å². The van der Waals surface area contributed by atoms with E-state index < -0.39 is 0 Å². The van der Waals surface area contributed by atoms with Crippen molar-refractivity contribution in [2.75, 3.05) is 0 Å². The van der Waals surface area contributed by atoms with Crippen molar-refractivity contribution in [2.24, 2.45) is 4.99 Å². The van der Waals surface area contributed by atoms with Crippen molar-refractivity contribution in [3.8, 4) is 0 Å². The molecule has 1 amide bonds. The summed E-state index contributed by atoms with van der Waals surface area (Å²) in [7, 11) is 0. The summed E-state index contributed by atoms with van der Waals surface area (Å²) in [4.78, 5) is 18.4. The molecule has 0 saturated heterocycles. The Balaban J connectivity index is 1.92. The highest BCUT2D eigenvalue weighted by Crippen LogP contribution is 2.15. The van der Waals surface area contributed by atoms with E-state index in [-0.39, 0.29) is 5.91 Å². The van der Waals surface area contributed by atoms with Crippen LogP contribution >= 0.6 is 11.3 Å². The molecule has 0 unspecified atom stereocenters. The third-order valence-electron chi connectivity index (χ3n) is 3.56. The Hall–Kier alpha value is -2.46. The van der Waals surface area contributed by atoms with Gasteiger partial charge in [0, 0.05) is 17.6 Å². The van der Waals surface area contributed by atoms with Gasteiger partial charge in [-0.2, -0.15) is 4.99 Å². The number of amides is 1. The first-order chi connectivity index (χ1) is 11.1. The standard InChI is InChI=1S/C19H18N2OS/c1-14-6-9-16(10-7-14)13-21-12-4-3-5-18(21)20-19(22)17-11-8-15(2)23-17/h3-12H,13H2,1-2H3. The van der Waals surface area contributed by atoms with Crippen LogP contribution in [0.1, 0.15) is 25.7 Å². The normalized spacial score (nSPS) is 11.7. The van der Waals surface area contributed by atoms with Gasteiger partial charge in [0.05, 0.1) is 4.88 Å². The number of pyridine rings is 1. The zero-order valence-electron chi connectivity index (χ0n) is 13.2. The molecule has 1 aromatic carbocycles. The lowest BCUT2D eigenvalue weighted by Gasteiger charge is -2.07. The summed E-state index contributed by atoms with van der Waals surface area (Å²) >= 11 is 1.47. The summed E-state index contributed by atoms with van der Waals surface area (Å²) in [5.41, 5.74) is 3.09. The van der Waals surface area contributed by atoms with Crippen LogP contribution in [0.4, 0.5) is 0 Å². The lowest BCUT2D eigenvalue weighted by Crippen LogP contribution is -2.21. The number of hydrogen-bond donors (Lipinski definition) is 0. The summed E-state index contributed by atoms with van der Waals surface area (Å²) in [6, 6.07) is 17.9. The molecule has 23 heavy (non-hydrogen) atoms. The quantitative estimate of drug-likeness (QED) is 0.719. The Morgan fingerprint density at radius 2 is 1.83 bits per heavy atom. The first kappa shape index (κ1) is 15.4. The number of thiophene rings is 1. The van der Waals surface area contributed by atoms with Gasteiger partial charge in [0.25, 0.3) is 5.91 Å². The second-order valence-corrected chi connectivity index (χ2v) is 6.79. The van der Waals surface area contributed by atoms with Crippen molar-refractivity contribution in [1.29, 1.82) is 0 Å². The van der Waals surface area contributed by atoms with Crippen LogP contribution in [0.3, 0.4) is 0 Å². The molecule has 0 fully saturated rings. The zero-order valence-corrected chi connectivity index (χ0v) is 14.0. The van der Waals surface area contributed by atoms with Crippen LogP contribution in [-0.2, 0) is 6.54 Å². The van der Waals surface area contributed by atoms with E-state index in [0.717, 1.165) is 4.88 Å². The third-order valence-corrected chi connectivity index (χ3v) is 4.55. The van der Waals surface area contributed by atoms with E-state index in [1.165, 1.54) is 22.5 Å². The Labute approximate surface area is 139 Å². The van der Waals surface area contributed by atoms with Gasteiger partial charge in [-0.25, -0.2) is 0 Å². The summed E-state index contributed by atoms with van der Waals surface area (Å²) in [6.45, 7) is 4.75. The van der Waals surface area contributed by atoms with Crippen LogP contribution in [0.25, 0.3) is 0 Å². The van der Waals surface area contributed by atoms with Gasteiger partial charge in [-0.3, -0.25) is 4.79 Å². The molecular weight excluding hydrogens is 304 g/mol. The third kappa shape index (κ3) is 3.85. The molecule has 2 heterocycles. The highest BCUT2D eigenvalue weighted by molar-refractivity contribution is 7.13. The topological polar surface area (TPSA) is 34.4 Å². The van der Waals surface area contributed by atoms with E-state index >= 15 is 0 Å². The van der Waals surface area contributed by atoms with Crippen molar-refractivity contribution >= 4 is 17.2 Å². The summed E-state index contributed by atoms with van der Waals surface area (Å²) in [5, 5.41) is 0. The molecule has 0 radical (unpaired) electrons. The molecule has 0 aliphatic carbocycles. The van der Waals surface area contributed by atoms with E-state index in [1.54, 1.807) is 0 Å². The molecule has 0 bridgehead atoms. The Morgan fingerprint density at radius 1 is 1.04 bits per heavy atom. The highest BCUT2D eigenvalue weighted by Gasteiger charge is 2.06. The maximum atomic E-state index is 12.3. The fraction of sp³-hybridized carbons (Fsp3) is 0.158. The number of carbonyl (C=O) groups is 1. The average Bonchev–Trinajstić information content (AvgIpc) is 2.98. The molecule has 3 rings (SSSR count). The molecule has 116 valence electrons. The molecule has 0 aliphatic rings. The SMILES string of the molecule is Cc1ccc(Cn2ccccc2=NC(=O)c2ccc(C)s2)cc1. The molecule has 2 aromatic heterocycles. The predicted octanol–water partition coefficient (Wildman–Crippen LogP) is 3.96. The fourth-order valence-corrected chi connectivity index (χ4v) is 3.05. The first-order valence-electron chi connectivity index (χ1n) is 7.48. The molecule has 0 atom stereocenters. The van der Waals surface area contributed by atoms with Crippen LogP contribution in [-0.4, -0.2) is 10.5 Å². The van der Waals surface area contributed by atoms with Crippen molar-refractivity contribution < 1.29 is 4.79 Å². The summed E-state index contributed by atoms with van der Waals surface area (Å²) in [6.07, 6.45) is 1.95. The van der Waals surface area contributed by atoms with Gasteiger partial charge in [0.15, 0.2) is 0 Å². The van der Waals surface area contributed by atoms with E-state index in [9.17, 15) is 4.79 Å². The van der Waals surface area contributed by atoms with Crippen molar-refractivity contribution in [3.05, 3.63) is 87.2 Å². The molecule has 0 saturated carbocycles. The summed E-state index contributed by atoms with van der Waals surface area (Å²) in [5.74, 6) is -0.188. The van der Waals surface area contributed by atoms with Crippen LogP contribution in [0, 0.1) is 13.8 Å². The van der Waals surface area contributed by atoms with Gasteiger partial charge in [-0.05, 0) is 43.7 Å². The molecule has 4 heteroatoms. The number of aromatic nitrogens is 1. The lowest BCUT2D eigenvalue weighted by molar-refractivity contribution is 0.100. The molecular formula is C19H18N2OS. The Kier molecular flexibility index (Phi) is 4.53. The van der Waals surface area contributed by atoms with Crippen molar-refractivity contribution in [2.45, 2.75) is 20.4 Å².